The van der Waals surface area contributed by atoms with Crippen molar-refractivity contribution < 1.29 is 19.8 Å². The lowest BCUT2D eigenvalue weighted by atomic mass is 9.42. The van der Waals surface area contributed by atoms with Gasteiger partial charge in [0.25, 0.3) is 0 Å². The average Bonchev–Trinajstić information content (AvgIpc) is 2.56. The second-order valence-corrected chi connectivity index (χ2v) is 7.13. The fourth-order valence-corrected chi connectivity index (χ4v) is 5.18. The summed E-state index contributed by atoms with van der Waals surface area (Å²) in [6.45, 7) is 3.75. The topological polar surface area (TPSA) is 74.6 Å². The van der Waals surface area contributed by atoms with E-state index in [1.807, 2.05) is 62.4 Å². The van der Waals surface area contributed by atoms with Crippen LogP contribution >= 0.6 is 0 Å². The van der Waals surface area contributed by atoms with Crippen molar-refractivity contribution in [3.05, 3.63) is 70.8 Å². The van der Waals surface area contributed by atoms with E-state index in [2.05, 4.69) is 0 Å². The molecule has 3 aliphatic carbocycles. The lowest BCUT2D eigenvalue weighted by Gasteiger charge is -2.58. The lowest BCUT2D eigenvalue weighted by molar-refractivity contribution is -0.161. The minimum atomic E-state index is -1.06. The van der Waals surface area contributed by atoms with Crippen LogP contribution in [0.4, 0.5) is 0 Å². The standard InChI is InChI=1S/C20H18O4/c1-19-11-7-3-5-9-13(11)20(2,14-10-6-4-8-12(14)19)16(18(23)24)15(19)17(21)22/h3-10,15-16H,1-2H3,(H,21,22)(H,23,24)/t15-,16+,19?,20?. The normalized spacial score (nSPS) is 32.8. The highest BCUT2D eigenvalue weighted by molar-refractivity contribution is 5.88. The number of hydrogen-bond donors (Lipinski definition) is 2. The van der Waals surface area contributed by atoms with Crippen LogP contribution in [0, 0.1) is 11.8 Å². The van der Waals surface area contributed by atoms with Gasteiger partial charge in [-0.2, -0.15) is 0 Å². The maximum Gasteiger partial charge on any atom is 0.308 e. The molecule has 2 aromatic rings. The Morgan fingerprint density at radius 1 is 0.708 bits per heavy atom. The Morgan fingerprint density at radius 3 is 1.17 bits per heavy atom. The van der Waals surface area contributed by atoms with E-state index in [1.165, 1.54) is 0 Å². The van der Waals surface area contributed by atoms with Crippen LogP contribution in [0.15, 0.2) is 48.5 Å². The smallest absolute Gasteiger partial charge is 0.308 e. The number of hydrogen-bond acceptors (Lipinski definition) is 2. The van der Waals surface area contributed by atoms with Crippen molar-refractivity contribution in [3.8, 4) is 0 Å². The first kappa shape index (κ1) is 14.9. The Hall–Kier alpha value is -2.62. The van der Waals surface area contributed by atoms with Gasteiger partial charge in [-0.05, 0) is 22.3 Å². The average molecular weight is 322 g/mol. The molecule has 0 aromatic heterocycles. The molecule has 2 aromatic carbocycles. The highest BCUT2D eigenvalue weighted by Gasteiger charge is 2.66. The van der Waals surface area contributed by atoms with Gasteiger partial charge < -0.3 is 10.2 Å². The number of benzene rings is 2. The summed E-state index contributed by atoms with van der Waals surface area (Å²) in [6.07, 6.45) is 0. The van der Waals surface area contributed by atoms with E-state index in [1.54, 1.807) is 0 Å². The Bertz CT molecular complexity index is 763. The van der Waals surface area contributed by atoms with Gasteiger partial charge in [-0.25, -0.2) is 0 Å². The number of fused-ring (bicyclic) bond motifs is 1. The van der Waals surface area contributed by atoms with Gasteiger partial charge in [0, 0.05) is 10.8 Å². The van der Waals surface area contributed by atoms with Crippen LogP contribution < -0.4 is 0 Å². The van der Waals surface area contributed by atoms with Crippen LogP contribution in [0.2, 0.25) is 0 Å². The largest absolute Gasteiger partial charge is 0.481 e. The Kier molecular flexibility index (Phi) is 2.78. The van der Waals surface area contributed by atoms with Crippen molar-refractivity contribution in [2.75, 3.05) is 0 Å². The number of carbonyl (C=O) groups is 2. The molecule has 0 saturated heterocycles. The number of aliphatic carboxylic acids is 2. The molecule has 2 atom stereocenters. The van der Waals surface area contributed by atoms with Crippen LogP contribution in [0.5, 0.6) is 0 Å². The zero-order chi connectivity index (χ0) is 17.3. The predicted molar refractivity (Wildman–Crippen MR) is 88.0 cm³/mol. The first-order valence-corrected chi connectivity index (χ1v) is 8.00. The molecule has 0 spiro atoms. The molecule has 0 radical (unpaired) electrons. The Morgan fingerprint density at radius 2 is 0.958 bits per heavy atom. The molecule has 24 heavy (non-hydrogen) atoms. The van der Waals surface area contributed by atoms with E-state index in [0.717, 1.165) is 22.3 Å². The fraction of sp³-hybridized carbons (Fsp3) is 0.300. The van der Waals surface area contributed by atoms with Crippen molar-refractivity contribution >= 4 is 11.9 Å². The van der Waals surface area contributed by atoms with Crippen molar-refractivity contribution in [3.63, 3.8) is 0 Å². The lowest BCUT2D eigenvalue weighted by Crippen LogP contribution is -2.62. The Labute approximate surface area is 139 Å². The summed E-state index contributed by atoms with van der Waals surface area (Å²) in [6, 6.07) is 15.3. The third-order valence-corrected chi connectivity index (χ3v) is 6.20. The van der Waals surface area contributed by atoms with Crippen LogP contribution in [-0.2, 0) is 20.4 Å². The van der Waals surface area contributed by atoms with E-state index >= 15 is 0 Å². The van der Waals surface area contributed by atoms with E-state index in [9.17, 15) is 19.8 Å². The van der Waals surface area contributed by atoms with Crippen molar-refractivity contribution in [1.29, 1.82) is 0 Å². The number of carboxylic acid groups (broad SMARTS) is 2. The van der Waals surface area contributed by atoms with Gasteiger partial charge in [-0.15, -0.1) is 0 Å². The molecule has 0 heterocycles. The zero-order valence-corrected chi connectivity index (χ0v) is 13.5. The molecule has 2 bridgehead atoms. The third-order valence-electron chi connectivity index (χ3n) is 6.20. The van der Waals surface area contributed by atoms with Gasteiger partial charge >= 0.3 is 11.9 Å². The molecule has 3 aliphatic rings. The summed E-state index contributed by atoms with van der Waals surface area (Å²) in [4.78, 5) is 24.3. The quantitative estimate of drug-likeness (QED) is 0.891. The van der Waals surface area contributed by atoms with Gasteiger partial charge in [-0.3, -0.25) is 9.59 Å². The van der Waals surface area contributed by atoms with E-state index < -0.39 is 34.6 Å². The maximum atomic E-state index is 12.2. The summed E-state index contributed by atoms with van der Waals surface area (Å²) >= 11 is 0. The molecule has 0 amide bonds. The highest BCUT2D eigenvalue weighted by Crippen LogP contribution is 2.64. The van der Waals surface area contributed by atoms with Gasteiger partial charge in [0.05, 0.1) is 11.8 Å². The summed E-state index contributed by atoms with van der Waals surface area (Å²) in [5.41, 5.74) is 1.99. The number of carboxylic acids is 2. The minimum absolute atomic E-state index is 0.861. The summed E-state index contributed by atoms with van der Waals surface area (Å²) < 4.78 is 0. The molecule has 0 aliphatic heterocycles. The molecular formula is C20H18O4. The van der Waals surface area contributed by atoms with Crippen LogP contribution in [-0.4, -0.2) is 22.2 Å². The van der Waals surface area contributed by atoms with Crippen molar-refractivity contribution in [2.24, 2.45) is 11.8 Å². The van der Waals surface area contributed by atoms with Gasteiger partial charge in [0.15, 0.2) is 0 Å². The van der Waals surface area contributed by atoms with Crippen LogP contribution in [0.3, 0.4) is 0 Å². The maximum absolute atomic E-state index is 12.2. The molecule has 122 valence electrons. The molecule has 0 fully saturated rings. The summed E-state index contributed by atoms with van der Waals surface area (Å²) in [5.74, 6) is -4.13. The fourth-order valence-electron chi connectivity index (χ4n) is 5.18. The first-order chi connectivity index (χ1) is 11.3. The molecule has 4 nitrogen and oxygen atoms in total. The molecule has 5 rings (SSSR count). The van der Waals surface area contributed by atoms with Gasteiger partial charge in [0.1, 0.15) is 0 Å². The first-order valence-electron chi connectivity index (χ1n) is 8.00. The summed E-state index contributed by atoms with van der Waals surface area (Å²) in [5, 5.41) is 19.9. The second kappa shape index (κ2) is 4.47. The molecule has 2 N–H and O–H groups in total. The van der Waals surface area contributed by atoms with Crippen molar-refractivity contribution in [1.82, 2.24) is 0 Å². The molecule has 0 unspecified atom stereocenters. The van der Waals surface area contributed by atoms with Crippen LogP contribution in [0.1, 0.15) is 36.1 Å². The van der Waals surface area contributed by atoms with Gasteiger partial charge in [0.2, 0.25) is 0 Å². The summed E-state index contributed by atoms with van der Waals surface area (Å²) in [7, 11) is 0. The van der Waals surface area contributed by atoms with Crippen molar-refractivity contribution in [2.45, 2.75) is 24.7 Å². The van der Waals surface area contributed by atoms with Crippen LogP contribution in [0.25, 0.3) is 0 Å². The molecule has 4 heteroatoms. The highest BCUT2D eigenvalue weighted by atomic mass is 16.4. The zero-order valence-electron chi connectivity index (χ0n) is 13.5. The number of rotatable bonds is 2. The Balaban J connectivity index is 2.21. The van der Waals surface area contributed by atoms with E-state index in [0.29, 0.717) is 0 Å². The molecule has 0 saturated carbocycles. The van der Waals surface area contributed by atoms with E-state index in [-0.39, 0.29) is 0 Å². The minimum Gasteiger partial charge on any atom is -0.481 e. The molecular weight excluding hydrogens is 304 g/mol. The SMILES string of the molecule is CC12c3ccccc3C(C)(c3ccccc31)[C@@H](C(=O)O)[C@H]2C(=O)O. The monoisotopic (exact) mass is 322 g/mol. The predicted octanol–water partition coefficient (Wildman–Crippen LogP) is 3.03. The third kappa shape index (κ3) is 1.44. The van der Waals surface area contributed by atoms with E-state index in [4.69, 9.17) is 0 Å². The second-order valence-electron chi connectivity index (χ2n) is 7.13. The van der Waals surface area contributed by atoms with Gasteiger partial charge in [-0.1, -0.05) is 62.4 Å².